The van der Waals surface area contributed by atoms with Crippen LogP contribution >= 0.6 is 0 Å². The van der Waals surface area contributed by atoms with Gasteiger partial charge in [0.25, 0.3) is 0 Å². The molecule has 0 saturated carbocycles. The highest BCUT2D eigenvalue weighted by Crippen LogP contribution is 2.24. The van der Waals surface area contributed by atoms with Gasteiger partial charge in [-0.3, -0.25) is 4.79 Å². The minimum atomic E-state index is -0.411. The van der Waals surface area contributed by atoms with E-state index in [0.29, 0.717) is 5.56 Å². The van der Waals surface area contributed by atoms with E-state index >= 15 is 0 Å². The number of hydrogen-bond donors (Lipinski definition) is 1. The van der Waals surface area contributed by atoms with Crippen LogP contribution in [-0.4, -0.2) is 23.6 Å². The SMILES string of the molecule is COC(=O)c1cn(CC(=O)Nc2c(C)cc(C)cc2C)c2ccccc12. The minimum absolute atomic E-state index is 0.115. The Labute approximate surface area is 152 Å². The van der Waals surface area contributed by atoms with Gasteiger partial charge < -0.3 is 14.6 Å². The summed E-state index contributed by atoms with van der Waals surface area (Å²) in [5.41, 5.74) is 5.34. The summed E-state index contributed by atoms with van der Waals surface area (Å²) in [6.45, 7) is 6.11. The van der Waals surface area contributed by atoms with Crippen molar-refractivity contribution in [3.05, 3.63) is 64.8 Å². The minimum Gasteiger partial charge on any atom is -0.465 e. The maximum absolute atomic E-state index is 12.6. The Morgan fingerprint density at radius 3 is 2.38 bits per heavy atom. The van der Waals surface area contributed by atoms with Gasteiger partial charge >= 0.3 is 5.97 Å². The highest BCUT2D eigenvalue weighted by atomic mass is 16.5. The second-order valence-corrected chi connectivity index (χ2v) is 6.50. The lowest BCUT2D eigenvalue weighted by atomic mass is 10.1. The van der Waals surface area contributed by atoms with Crippen LogP contribution in [0.1, 0.15) is 27.0 Å². The van der Waals surface area contributed by atoms with E-state index < -0.39 is 5.97 Å². The number of benzene rings is 2. The summed E-state index contributed by atoms with van der Waals surface area (Å²) in [7, 11) is 1.35. The Morgan fingerprint density at radius 1 is 1.08 bits per heavy atom. The fourth-order valence-corrected chi connectivity index (χ4v) is 3.36. The van der Waals surface area contributed by atoms with Crippen LogP contribution in [0.4, 0.5) is 5.69 Å². The number of aromatic nitrogens is 1. The smallest absolute Gasteiger partial charge is 0.340 e. The number of aryl methyl sites for hydroxylation is 3. The number of fused-ring (bicyclic) bond motifs is 1. The van der Waals surface area contributed by atoms with Crippen molar-refractivity contribution < 1.29 is 14.3 Å². The Bertz CT molecular complexity index is 979. The van der Waals surface area contributed by atoms with Crippen LogP contribution in [0.5, 0.6) is 0 Å². The van der Waals surface area contributed by atoms with Gasteiger partial charge in [-0.1, -0.05) is 35.9 Å². The van der Waals surface area contributed by atoms with Crippen molar-refractivity contribution in [3.8, 4) is 0 Å². The molecule has 134 valence electrons. The average molecular weight is 350 g/mol. The van der Waals surface area contributed by atoms with Gasteiger partial charge in [0, 0.05) is 22.8 Å². The number of hydrogen-bond acceptors (Lipinski definition) is 3. The highest BCUT2D eigenvalue weighted by Gasteiger charge is 2.17. The van der Waals surface area contributed by atoms with Gasteiger partial charge in [0.1, 0.15) is 6.54 Å². The van der Waals surface area contributed by atoms with E-state index in [-0.39, 0.29) is 12.5 Å². The Morgan fingerprint density at radius 2 is 1.73 bits per heavy atom. The zero-order chi connectivity index (χ0) is 18.8. The molecule has 3 rings (SSSR count). The number of esters is 1. The van der Waals surface area contributed by atoms with Crippen molar-refractivity contribution in [2.75, 3.05) is 12.4 Å². The third-order valence-corrected chi connectivity index (χ3v) is 4.45. The monoisotopic (exact) mass is 350 g/mol. The first-order valence-electron chi connectivity index (χ1n) is 8.44. The number of carbonyl (C=O) groups excluding carboxylic acids is 2. The van der Waals surface area contributed by atoms with Gasteiger partial charge in [-0.15, -0.1) is 0 Å². The van der Waals surface area contributed by atoms with E-state index in [4.69, 9.17) is 4.74 Å². The summed E-state index contributed by atoms with van der Waals surface area (Å²) in [5.74, 6) is -0.553. The number of nitrogens with one attached hydrogen (secondary N) is 1. The van der Waals surface area contributed by atoms with Crippen molar-refractivity contribution in [2.24, 2.45) is 0 Å². The van der Waals surface area contributed by atoms with Gasteiger partial charge in [0.2, 0.25) is 5.91 Å². The van der Waals surface area contributed by atoms with Crippen molar-refractivity contribution >= 4 is 28.5 Å². The molecule has 5 nitrogen and oxygen atoms in total. The van der Waals surface area contributed by atoms with Crippen molar-refractivity contribution in [3.63, 3.8) is 0 Å². The van der Waals surface area contributed by atoms with Gasteiger partial charge in [0.05, 0.1) is 12.7 Å². The normalized spacial score (nSPS) is 10.8. The molecule has 0 bridgehead atoms. The van der Waals surface area contributed by atoms with Crippen LogP contribution in [0.15, 0.2) is 42.6 Å². The summed E-state index contributed by atoms with van der Waals surface area (Å²) in [6, 6.07) is 11.6. The molecule has 2 aromatic carbocycles. The first kappa shape index (κ1) is 17.7. The van der Waals surface area contributed by atoms with Crippen LogP contribution in [-0.2, 0) is 16.1 Å². The molecule has 1 N–H and O–H groups in total. The van der Waals surface area contributed by atoms with Crippen molar-refractivity contribution in [1.82, 2.24) is 4.57 Å². The standard InChI is InChI=1S/C21H22N2O3/c1-13-9-14(2)20(15(3)10-13)22-19(24)12-23-11-17(21(25)26-4)16-7-5-6-8-18(16)23/h5-11H,12H2,1-4H3,(H,22,24). The van der Waals surface area contributed by atoms with E-state index in [1.807, 2.05) is 57.2 Å². The Balaban J connectivity index is 1.90. The summed E-state index contributed by atoms with van der Waals surface area (Å²) in [5, 5.41) is 3.77. The van der Waals surface area contributed by atoms with Crippen LogP contribution in [0.3, 0.4) is 0 Å². The number of ether oxygens (including phenoxy) is 1. The molecule has 0 aliphatic rings. The van der Waals surface area contributed by atoms with Crippen LogP contribution in [0.2, 0.25) is 0 Å². The quantitative estimate of drug-likeness (QED) is 0.724. The molecule has 1 aromatic heterocycles. The van der Waals surface area contributed by atoms with Gasteiger partial charge in [-0.2, -0.15) is 0 Å². The second-order valence-electron chi connectivity index (χ2n) is 6.50. The number of amides is 1. The van der Waals surface area contributed by atoms with E-state index in [1.54, 1.807) is 10.8 Å². The van der Waals surface area contributed by atoms with Gasteiger partial charge in [0.15, 0.2) is 0 Å². The van der Waals surface area contributed by atoms with E-state index in [2.05, 4.69) is 5.32 Å². The molecule has 26 heavy (non-hydrogen) atoms. The van der Waals surface area contributed by atoms with Crippen LogP contribution < -0.4 is 5.32 Å². The molecule has 0 unspecified atom stereocenters. The van der Waals surface area contributed by atoms with Crippen LogP contribution in [0, 0.1) is 20.8 Å². The first-order valence-corrected chi connectivity index (χ1v) is 8.44. The Kier molecular flexibility index (Phi) is 4.80. The largest absolute Gasteiger partial charge is 0.465 e. The third-order valence-electron chi connectivity index (χ3n) is 4.45. The molecule has 5 heteroatoms. The molecule has 0 saturated heterocycles. The fourth-order valence-electron chi connectivity index (χ4n) is 3.36. The maximum Gasteiger partial charge on any atom is 0.340 e. The molecule has 0 radical (unpaired) electrons. The lowest BCUT2D eigenvalue weighted by molar-refractivity contribution is -0.116. The third kappa shape index (κ3) is 3.33. The second kappa shape index (κ2) is 7.04. The maximum atomic E-state index is 12.6. The first-order chi connectivity index (χ1) is 12.4. The molecular formula is C21H22N2O3. The lowest BCUT2D eigenvalue weighted by Crippen LogP contribution is -2.19. The predicted octanol–water partition coefficient (Wildman–Crippen LogP) is 3.99. The summed E-state index contributed by atoms with van der Waals surface area (Å²) < 4.78 is 6.62. The zero-order valence-corrected chi connectivity index (χ0v) is 15.4. The van der Waals surface area contributed by atoms with E-state index in [1.165, 1.54) is 7.11 Å². The number of anilines is 1. The van der Waals surface area contributed by atoms with Gasteiger partial charge in [-0.05, 0) is 38.0 Å². The molecule has 0 aliphatic carbocycles. The average Bonchev–Trinajstić information content (AvgIpc) is 2.96. The molecule has 3 aromatic rings. The molecule has 1 amide bonds. The van der Waals surface area contributed by atoms with Crippen molar-refractivity contribution in [1.29, 1.82) is 0 Å². The number of methoxy groups -OCH3 is 1. The zero-order valence-electron chi connectivity index (χ0n) is 15.4. The molecule has 0 atom stereocenters. The number of rotatable bonds is 4. The number of nitrogens with zero attached hydrogens (tertiary/aromatic N) is 1. The van der Waals surface area contributed by atoms with E-state index in [9.17, 15) is 9.59 Å². The number of para-hydroxylation sites is 1. The van der Waals surface area contributed by atoms with Gasteiger partial charge in [-0.25, -0.2) is 4.79 Å². The Hall–Kier alpha value is -3.08. The molecule has 0 fully saturated rings. The molecule has 1 heterocycles. The summed E-state index contributed by atoms with van der Waals surface area (Å²) in [6.07, 6.45) is 1.67. The highest BCUT2D eigenvalue weighted by molar-refractivity contribution is 6.05. The van der Waals surface area contributed by atoms with Crippen molar-refractivity contribution in [2.45, 2.75) is 27.3 Å². The topological polar surface area (TPSA) is 60.3 Å². The predicted molar refractivity (Wildman–Crippen MR) is 103 cm³/mol. The fraction of sp³-hybridized carbons (Fsp3) is 0.238. The molecular weight excluding hydrogens is 328 g/mol. The summed E-state index contributed by atoms with van der Waals surface area (Å²) >= 11 is 0. The molecule has 0 spiro atoms. The molecule has 0 aliphatic heterocycles. The van der Waals surface area contributed by atoms with Crippen LogP contribution in [0.25, 0.3) is 10.9 Å². The number of carbonyl (C=O) groups is 2. The van der Waals surface area contributed by atoms with E-state index in [0.717, 1.165) is 33.3 Å². The lowest BCUT2D eigenvalue weighted by Gasteiger charge is -2.13. The summed E-state index contributed by atoms with van der Waals surface area (Å²) in [4.78, 5) is 24.6.